The molecule has 0 aliphatic carbocycles. The maximum atomic E-state index is 11.0. The van der Waals surface area contributed by atoms with Crippen molar-refractivity contribution in [1.82, 2.24) is 0 Å². The lowest BCUT2D eigenvalue weighted by Crippen LogP contribution is -2.35. The number of nitrogens with zero attached hydrogens (tertiary/aromatic N) is 1. The van der Waals surface area contributed by atoms with E-state index < -0.39 is 5.97 Å². The molecule has 0 atom stereocenters. The molecule has 0 amide bonds. The topological polar surface area (TPSA) is 61.8 Å². The monoisotopic (exact) mass is 250 g/mol. The van der Waals surface area contributed by atoms with Crippen molar-refractivity contribution in [2.24, 2.45) is 0 Å². The standard InChI is InChI=1S/C13H18N2O3/c1-18-8-2-6-15-7-5-14-11-4-3-10(13(16)17)9-12(11)15/h3-4,9,14H,2,5-8H2,1H3,(H,16,17). The van der Waals surface area contributed by atoms with Crippen molar-refractivity contribution in [3.05, 3.63) is 23.8 Å². The van der Waals surface area contributed by atoms with E-state index in [0.29, 0.717) is 5.56 Å². The van der Waals surface area contributed by atoms with Gasteiger partial charge in [-0.3, -0.25) is 0 Å². The molecule has 2 N–H and O–H groups in total. The van der Waals surface area contributed by atoms with Gasteiger partial charge in [-0.25, -0.2) is 4.79 Å². The second-order valence-electron chi connectivity index (χ2n) is 4.30. The minimum atomic E-state index is -0.889. The van der Waals surface area contributed by atoms with Gasteiger partial charge in [0, 0.05) is 33.4 Å². The van der Waals surface area contributed by atoms with Crippen molar-refractivity contribution in [2.75, 3.05) is 43.6 Å². The van der Waals surface area contributed by atoms with Crippen LogP contribution >= 0.6 is 0 Å². The minimum absolute atomic E-state index is 0.328. The lowest BCUT2D eigenvalue weighted by Gasteiger charge is -2.32. The first-order chi connectivity index (χ1) is 8.72. The van der Waals surface area contributed by atoms with E-state index >= 15 is 0 Å². The smallest absolute Gasteiger partial charge is 0.335 e. The Kier molecular flexibility index (Phi) is 4.04. The normalized spacial score (nSPS) is 13.9. The van der Waals surface area contributed by atoms with Crippen molar-refractivity contribution < 1.29 is 14.6 Å². The SMILES string of the molecule is COCCCN1CCNc2ccc(C(=O)O)cc21. The maximum Gasteiger partial charge on any atom is 0.335 e. The van der Waals surface area contributed by atoms with Gasteiger partial charge in [0.05, 0.1) is 16.9 Å². The highest BCUT2D eigenvalue weighted by molar-refractivity contribution is 5.91. The molecule has 98 valence electrons. The number of fused-ring (bicyclic) bond motifs is 1. The number of carboxylic acid groups (broad SMARTS) is 1. The molecule has 0 saturated heterocycles. The highest BCUT2D eigenvalue weighted by atomic mass is 16.5. The van der Waals surface area contributed by atoms with Crippen LogP contribution in [0.25, 0.3) is 0 Å². The molecule has 1 aliphatic rings. The molecule has 0 bridgehead atoms. The van der Waals surface area contributed by atoms with Crippen LogP contribution in [-0.2, 0) is 4.74 Å². The molecule has 0 aromatic heterocycles. The van der Waals surface area contributed by atoms with E-state index in [4.69, 9.17) is 9.84 Å². The van der Waals surface area contributed by atoms with Gasteiger partial charge in [0.15, 0.2) is 0 Å². The molecule has 2 rings (SSSR count). The summed E-state index contributed by atoms with van der Waals surface area (Å²) < 4.78 is 5.05. The van der Waals surface area contributed by atoms with Crippen molar-refractivity contribution in [3.63, 3.8) is 0 Å². The fourth-order valence-electron chi connectivity index (χ4n) is 2.15. The molecule has 1 aromatic carbocycles. The third-order valence-corrected chi connectivity index (χ3v) is 3.06. The van der Waals surface area contributed by atoms with Gasteiger partial charge in [-0.15, -0.1) is 0 Å². The summed E-state index contributed by atoms with van der Waals surface area (Å²) in [6.07, 6.45) is 0.938. The number of ether oxygens (including phenoxy) is 1. The summed E-state index contributed by atoms with van der Waals surface area (Å²) in [5.74, 6) is -0.889. The van der Waals surface area contributed by atoms with Crippen LogP contribution in [0.1, 0.15) is 16.8 Å². The lowest BCUT2D eigenvalue weighted by atomic mass is 10.1. The third-order valence-electron chi connectivity index (χ3n) is 3.06. The summed E-state index contributed by atoms with van der Waals surface area (Å²) in [7, 11) is 1.69. The molecule has 0 radical (unpaired) electrons. The number of hydrogen-bond donors (Lipinski definition) is 2. The summed E-state index contributed by atoms with van der Waals surface area (Å²) >= 11 is 0. The average molecular weight is 250 g/mol. The molecule has 0 unspecified atom stereocenters. The molecule has 18 heavy (non-hydrogen) atoms. The summed E-state index contributed by atoms with van der Waals surface area (Å²) in [4.78, 5) is 13.2. The molecule has 0 spiro atoms. The fourth-order valence-corrected chi connectivity index (χ4v) is 2.15. The minimum Gasteiger partial charge on any atom is -0.478 e. The van der Waals surface area contributed by atoms with Crippen LogP contribution in [0.4, 0.5) is 11.4 Å². The van der Waals surface area contributed by atoms with Crippen molar-refractivity contribution in [2.45, 2.75) is 6.42 Å². The maximum absolute atomic E-state index is 11.0. The van der Waals surface area contributed by atoms with E-state index in [1.54, 1.807) is 19.2 Å². The van der Waals surface area contributed by atoms with Gasteiger partial charge < -0.3 is 20.1 Å². The number of aromatic carboxylic acids is 1. The number of carboxylic acids is 1. The Morgan fingerprint density at radius 1 is 1.56 bits per heavy atom. The van der Waals surface area contributed by atoms with Crippen LogP contribution in [0.2, 0.25) is 0 Å². The van der Waals surface area contributed by atoms with E-state index in [9.17, 15) is 4.79 Å². The van der Waals surface area contributed by atoms with Gasteiger partial charge >= 0.3 is 5.97 Å². The van der Waals surface area contributed by atoms with Crippen LogP contribution in [0.3, 0.4) is 0 Å². The zero-order valence-electron chi connectivity index (χ0n) is 10.5. The zero-order valence-corrected chi connectivity index (χ0v) is 10.5. The van der Waals surface area contributed by atoms with Crippen molar-refractivity contribution in [1.29, 1.82) is 0 Å². The molecule has 5 nitrogen and oxygen atoms in total. The van der Waals surface area contributed by atoms with Crippen LogP contribution in [0.15, 0.2) is 18.2 Å². The molecule has 1 aliphatic heterocycles. The van der Waals surface area contributed by atoms with E-state index in [2.05, 4.69) is 10.2 Å². The number of nitrogens with one attached hydrogen (secondary N) is 1. The van der Waals surface area contributed by atoms with Gasteiger partial charge in [0.2, 0.25) is 0 Å². The number of hydrogen-bond acceptors (Lipinski definition) is 4. The average Bonchev–Trinajstić information content (AvgIpc) is 2.38. The van der Waals surface area contributed by atoms with Gasteiger partial charge in [0.1, 0.15) is 0 Å². The molecular formula is C13H18N2O3. The Labute approximate surface area is 106 Å². The largest absolute Gasteiger partial charge is 0.478 e. The van der Waals surface area contributed by atoms with Gasteiger partial charge in [-0.1, -0.05) is 0 Å². The second-order valence-corrected chi connectivity index (χ2v) is 4.30. The molecule has 5 heteroatoms. The van der Waals surface area contributed by atoms with Crippen LogP contribution in [0, 0.1) is 0 Å². The Balaban J connectivity index is 2.17. The van der Waals surface area contributed by atoms with E-state index in [1.807, 2.05) is 6.07 Å². The summed E-state index contributed by atoms with van der Waals surface area (Å²) in [5, 5.41) is 12.3. The molecule has 0 fully saturated rings. The number of rotatable bonds is 5. The second kappa shape index (κ2) is 5.73. The summed E-state index contributed by atoms with van der Waals surface area (Å²) in [6.45, 7) is 3.37. The first-order valence-corrected chi connectivity index (χ1v) is 6.07. The number of carbonyl (C=O) groups is 1. The molecule has 1 aromatic rings. The van der Waals surface area contributed by atoms with Gasteiger partial charge in [-0.2, -0.15) is 0 Å². The number of benzene rings is 1. The highest BCUT2D eigenvalue weighted by Gasteiger charge is 2.17. The van der Waals surface area contributed by atoms with Crippen LogP contribution in [-0.4, -0.2) is 44.4 Å². The predicted molar refractivity (Wildman–Crippen MR) is 70.6 cm³/mol. The quantitative estimate of drug-likeness (QED) is 0.778. The van der Waals surface area contributed by atoms with Gasteiger partial charge in [-0.05, 0) is 24.6 Å². The number of methoxy groups -OCH3 is 1. The fraction of sp³-hybridized carbons (Fsp3) is 0.462. The first-order valence-electron chi connectivity index (χ1n) is 6.07. The van der Waals surface area contributed by atoms with Crippen LogP contribution < -0.4 is 10.2 Å². The zero-order chi connectivity index (χ0) is 13.0. The van der Waals surface area contributed by atoms with Crippen molar-refractivity contribution in [3.8, 4) is 0 Å². The van der Waals surface area contributed by atoms with E-state index in [-0.39, 0.29) is 0 Å². The highest BCUT2D eigenvalue weighted by Crippen LogP contribution is 2.30. The number of anilines is 2. The molecule has 1 heterocycles. The van der Waals surface area contributed by atoms with E-state index in [1.165, 1.54) is 0 Å². The molecule has 0 saturated carbocycles. The van der Waals surface area contributed by atoms with Crippen LogP contribution in [0.5, 0.6) is 0 Å². The Morgan fingerprint density at radius 3 is 3.11 bits per heavy atom. The Bertz CT molecular complexity index is 434. The lowest BCUT2D eigenvalue weighted by molar-refractivity contribution is 0.0697. The van der Waals surface area contributed by atoms with E-state index in [0.717, 1.165) is 44.0 Å². The predicted octanol–water partition coefficient (Wildman–Crippen LogP) is 1.65. The molecular weight excluding hydrogens is 232 g/mol. The Morgan fingerprint density at radius 2 is 2.39 bits per heavy atom. The summed E-state index contributed by atoms with van der Waals surface area (Å²) in [5.41, 5.74) is 2.30. The Hall–Kier alpha value is -1.75. The van der Waals surface area contributed by atoms with Gasteiger partial charge in [0.25, 0.3) is 0 Å². The van der Waals surface area contributed by atoms with Crippen molar-refractivity contribution >= 4 is 17.3 Å². The third kappa shape index (κ3) is 2.73. The summed E-state index contributed by atoms with van der Waals surface area (Å²) in [6, 6.07) is 5.20. The first kappa shape index (κ1) is 12.7.